The Labute approximate surface area is 228 Å². The molecule has 11 nitrogen and oxygen atoms in total. The van der Waals surface area contributed by atoms with Crippen molar-refractivity contribution in [1.82, 2.24) is 31.6 Å². The highest BCUT2D eigenvalue weighted by Crippen LogP contribution is 2.22. The lowest BCUT2D eigenvalue weighted by Gasteiger charge is -2.26. The molecule has 4 amide bonds. The fraction of sp³-hybridized carbons (Fsp3) is 0.536. The van der Waals surface area contributed by atoms with Crippen molar-refractivity contribution in [2.24, 2.45) is 5.92 Å². The lowest BCUT2D eigenvalue weighted by atomic mass is 10.0. The number of hydrogen-bond donors (Lipinski definition) is 5. The smallest absolute Gasteiger partial charge is 0.273 e. The van der Waals surface area contributed by atoms with Crippen molar-refractivity contribution in [3.63, 3.8) is 0 Å². The Bertz CT molecular complexity index is 1140. The summed E-state index contributed by atoms with van der Waals surface area (Å²) in [5.41, 5.74) is 1.01. The Balaban J connectivity index is 1.60. The summed E-state index contributed by atoms with van der Waals surface area (Å²) in [6, 6.07) is 6.73. The fourth-order valence-corrected chi connectivity index (χ4v) is 4.85. The molecule has 5 N–H and O–H groups in total. The van der Waals surface area contributed by atoms with E-state index < -0.39 is 29.9 Å². The maximum atomic E-state index is 13.6. The van der Waals surface area contributed by atoms with Crippen LogP contribution in [0.25, 0.3) is 0 Å². The molecule has 1 fully saturated rings. The predicted octanol–water partition coefficient (Wildman–Crippen LogP) is 1.37. The highest BCUT2D eigenvalue weighted by atomic mass is 16.3. The van der Waals surface area contributed by atoms with Gasteiger partial charge in [-0.3, -0.25) is 19.2 Å². The van der Waals surface area contributed by atoms with Crippen molar-refractivity contribution >= 4 is 23.6 Å². The topological polar surface area (TPSA) is 154 Å². The normalized spacial score (nSPS) is 25.1. The minimum atomic E-state index is -0.907. The van der Waals surface area contributed by atoms with E-state index in [0.29, 0.717) is 32.2 Å². The number of carbonyl (C=O) groups is 4. The number of nitrogens with zero attached hydrogens (tertiary/aromatic N) is 1. The minimum Gasteiger partial charge on any atom is -0.446 e. The Hall–Kier alpha value is -3.73. The second-order valence-corrected chi connectivity index (χ2v) is 10.5. The monoisotopic (exact) mass is 538 g/mol. The van der Waals surface area contributed by atoms with E-state index in [2.05, 4.69) is 31.6 Å². The van der Waals surface area contributed by atoms with Crippen molar-refractivity contribution < 1.29 is 23.6 Å². The Morgan fingerprint density at radius 3 is 2.54 bits per heavy atom. The number of hydrogen-bond acceptors (Lipinski definition) is 7. The largest absolute Gasteiger partial charge is 0.446 e. The first-order valence-corrected chi connectivity index (χ1v) is 13.7. The van der Waals surface area contributed by atoms with Gasteiger partial charge in [-0.05, 0) is 50.1 Å². The molecule has 0 aliphatic carbocycles. The van der Waals surface area contributed by atoms with Gasteiger partial charge in [-0.2, -0.15) is 0 Å². The van der Waals surface area contributed by atoms with E-state index in [0.717, 1.165) is 18.5 Å². The van der Waals surface area contributed by atoms with Gasteiger partial charge in [-0.1, -0.05) is 44.2 Å². The van der Waals surface area contributed by atoms with Crippen molar-refractivity contribution in [1.29, 1.82) is 0 Å². The SMILES string of the molecule is CC(C)[C@@H]1NC(=O)[C@H](Cc2ccccc2)NC(=O)[C@@H](NC(=O)[C@@H]2CCCN2)CCCCNC(=O)c2coc1n2. The molecule has 0 radical (unpaired) electrons. The van der Waals surface area contributed by atoms with Crippen LogP contribution in [0.3, 0.4) is 0 Å². The summed E-state index contributed by atoms with van der Waals surface area (Å²) in [6.07, 6.45) is 4.69. The molecule has 1 saturated heterocycles. The standard InChI is InChI=1S/C28H38N6O5/c1-17(2)23-28-33-22(16-39-28)24(35)30-13-7-6-11-20(31-25(36)19-12-8-14-29-19)26(37)32-21(27(38)34-23)15-18-9-4-3-5-10-18/h3-5,9-10,16-17,19-21,23,29H,6-8,11-15H2,1-2H3,(H,30,35)(H,31,36)(H,32,37)(H,34,38)/t19-,20-,21-,23-/m0/s1. The molecule has 1 aromatic heterocycles. The molecule has 0 spiro atoms. The summed E-state index contributed by atoms with van der Waals surface area (Å²) in [5, 5.41) is 14.7. The molecule has 2 aromatic rings. The Morgan fingerprint density at radius 1 is 1.03 bits per heavy atom. The molecule has 210 valence electrons. The Morgan fingerprint density at radius 2 is 1.82 bits per heavy atom. The highest BCUT2D eigenvalue weighted by molar-refractivity contribution is 5.93. The van der Waals surface area contributed by atoms with E-state index in [1.54, 1.807) is 0 Å². The molecule has 1 aromatic carbocycles. The average molecular weight is 539 g/mol. The molecule has 2 aliphatic heterocycles. The van der Waals surface area contributed by atoms with Crippen molar-refractivity contribution in [3.8, 4) is 0 Å². The fourth-order valence-electron chi connectivity index (χ4n) is 4.85. The lowest BCUT2D eigenvalue weighted by Crippen LogP contribution is -2.56. The molecule has 39 heavy (non-hydrogen) atoms. The zero-order chi connectivity index (χ0) is 27.8. The number of carbonyl (C=O) groups excluding carboxylic acids is 4. The van der Waals surface area contributed by atoms with Crippen molar-refractivity contribution in [2.45, 2.75) is 76.5 Å². The van der Waals surface area contributed by atoms with E-state index in [1.165, 1.54) is 6.26 Å². The van der Waals surface area contributed by atoms with Crippen LogP contribution >= 0.6 is 0 Å². The van der Waals surface area contributed by atoms with Crippen LogP contribution < -0.4 is 26.6 Å². The van der Waals surface area contributed by atoms with Gasteiger partial charge in [0, 0.05) is 13.0 Å². The van der Waals surface area contributed by atoms with E-state index in [-0.39, 0.29) is 41.8 Å². The summed E-state index contributed by atoms with van der Waals surface area (Å²) >= 11 is 0. The van der Waals surface area contributed by atoms with Gasteiger partial charge < -0.3 is 31.0 Å². The second kappa shape index (κ2) is 13.4. The van der Waals surface area contributed by atoms with Gasteiger partial charge in [0.25, 0.3) is 5.91 Å². The third-order valence-corrected chi connectivity index (χ3v) is 7.12. The average Bonchev–Trinajstić information content (AvgIpc) is 3.63. The van der Waals surface area contributed by atoms with Gasteiger partial charge in [0.2, 0.25) is 23.6 Å². The van der Waals surface area contributed by atoms with Crippen LogP contribution in [0.5, 0.6) is 0 Å². The van der Waals surface area contributed by atoms with E-state index in [1.807, 2.05) is 44.2 Å². The lowest BCUT2D eigenvalue weighted by molar-refractivity contribution is -0.133. The van der Waals surface area contributed by atoms with Crippen LogP contribution in [0.15, 0.2) is 41.0 Å². The number of benzene rings is 1. The Kier molecular flexibility index (Phi) is 9.69. The number of fused-ring (bicyclic) bond motifs is 2. The maximum absolute atomic E-state index is 13.6. The number of aromatic nitrogens is 1. The number of rotatable bonds is 5. The van der Waals surface area contributed by atoms with Gasteiger partial charge in [0.15, 0.2) is 5.69 Å². The van der Waals surface area contributed by atoms with Gasteiger partial charge in [-0.25, -0.2) is 4.98 Å². The van der Waals surface area contributed by atoms with Crippen LogP contribution in [0.1, 0.15) is 73.9 Å². The van der Waals surface area contributed by atoms with Crippen LogP contribution in [-0.2, 0) is 20.8 Å². The first kappa shape index (κ1) is 28.3. The molecular formula is C28H38N6O5. The highest BCUT2D eigenvalue weighted by Gasteiger charge is 2.32. The maximum Gasteiger partial charge on any atom is 0.273 e. The second-order valence-electron chi connectivity index (χ2n) is 10.5. The molecule has 4 rings (SSSR count). The number of oxazole rings is 1. The van der Waals surface area contributed by atoms with Gasteiger partial charge in [0.1, 0.15) is 24.4 Å². The molecule has 4 atom stereocenters. The first-order valence-electron chi connectivity index (χ1n) is 13.7. The third kappa shape index (κ3) is 7.66. The number of nitrogens with one attached hydrogen (secondary N) is 5. The van der Waals surface area contributed by atoms with E-state index in [9.17, 15) is 19.2 Å². The van der Waals surface area contributed by atoms with E-state index in [4.69, 9.17) is 4.42 Å². The van der Waals surface area contributed by atoms with Crippen molar-refractivity contribution in [3.05, 3.63) is 53.7 Å². The summed E-state index contributed by atoms with van der Waals surface area (Å²) in [4.78, 5) is 57.0. The summed E-state index contributed by atoms with van der Waals surface area (Å²) in [7, 11) is 0. The van der Waals surface area contributed by atoms with Crippen LogP contribution in [0.4, 0.5) is 0 Å². The summed E-state index contributed by atoms with van der Waals surface area (Å²) < 4.78 is 5.59. The van der Waals surface area contributed by atoms with Crippen LogP contribution in [0.2, 0.25) is 0 Å². The molecule has 3 heterocycles. The van der Waals surface area contributed by atoms with Gasteiger partial charge >= 0.3 is 0 Å². The zero-order valence-corrected chi connectivity index (χ0v) is 22.5. The molecule has 0 saturated carbocycles. The molecule has 0 unspecified atom stereocenters. The van der Waals surface area contributed by atoms with Crippen LogP contribution in [-0.4, -0.2) is 59.8 Å². The molecular weight excluding hydrogens is 500 g/mol. The molecule has 11 heteroatoms. The summed E-state index contributed by atoms with van der Waals surface area (Å²) in [5.74, 6) is -1.32. The minimum absolute atomic E-state index is 0.110. The first-order chi connectivity index (χ1) is 18.8. The van der Waals surface area contributed by atoms with Gasteiger partial charge in [-0.15, -0.1) is 0 Å². The van der Waals surface area contributed by atoms with Crippen LogP contribution in [0, 0.1) is 5.92 Å². The third-order valence-electron chi connectivity index (χ3n) is 7.12. The predicted molar refractivity (Wildman–Crippen MR) is 143 cm³/mol. The zero-order valence-electron chi connectivity index (χ0n) is 22.5. The quantitative estimate of drug-likeness (QED) is 0.385. The molecule has 2 aliphatic rings. The van der Waals surface area contributed by atoms with E-state index >= 15 is 0 Å². The summed E-state index contributed by atoms with van der Waals surface area (Å²) in [6.45, 7) is 4.95. The van der Waals surface area contributed by atoms with Gasteiger partial charge in [0.05, 0.1) is 6.04 Å². The van der Waals surface area contributed by atoms with Crippen molar-refractivity contribution in [2.75, 3.05) is 13.1 Å². The number of amides is 4. The molecule has 2 bridgehead atoms.